The molecular formula is C10H18N4O. The van der Waals surface area contributed by atoms with E-state index in [0.29, 0.717) is 5.92 Å². The molecule has 0 aromatic carbocycles. The second kappa shape index (κ2) is 4.74. The summed E-state index contributed by atoms with van der Waals surface area (Å²) in [6, 6.07) is 0.160. The lowest BCUT2D eigenvalue weighted by Crippen LogP contribution is -2.33. The molecule has 2 rings (SSSR count). The minimum atomic E-state index is 0.160. The summed E-state index contributed by atoms with van der Waals surface area (Å²) in [6.07, 6.45) is 4.99. The van der Waals surface area contributed by atoms with Crippen LogP contribution < -0.4 is 11.3 Å². The number of nitrogens with zero attached hydrogens (tertiary/aromatic N) is 2. The second-order valence-electron chi connectivity index (χ2n) is 3.90. The predicted molar refractivity (Wildman–Crippen MR) is 56.9 cm³/mol. The van der Waals surface area contributed by atoms with Crippen molar-refractivity contribution in [1.29, 1.82) is 0 Å². The predicted octanol–water partition coefficient (Wildman–Crippen LogP) is 0.444. The van der Waals surface area contributed by atoms with Gasteiger partial charge in [0.1, 0.15) is 0 Å². The lowest BCUT2D eigenvalue weighted by molar-refractivity contribution is 0.177. The quantitative estimate of drug-likeness (QED) is 0.559. The average Bonchev–Trinajstić information content (AvgIpc) is 2.89. The third kappa shape index (κ3) is 2.19. The van der Waals surface area contributed by atoms with E-state index in [0.717, 1.165) is 31.7 Å². The largest absolute Gasteiger partial charge is 0.381 e. The fraction of sp³-hybridized carbons (Fsp3) is 0.700. The Bertz CT molecular complexity index is 306. The zero-order chi connectivity index (χ0) is 10.7. The van der Waals surface area contributed by atoms with Crippen LogP contribution >= 0.6 is 0 Å². The van der Waals surface area contributed by atoms with Crippen LogP contribution in [0.3, 0.4) is 0 Å². The number of hydrazine groups is 1. The van der Waals surface area contributed by atoms with E-state index in [9.17, 15) is 0 Å². The van der Waals surface area contributed by atoms with Crippen LogP contribution in [0.25, 0.3) is 0 Å². The Morgan fingerprint density at radius 2 is 2.67 bits per heavy atom. The number of hydrogen-bond donors (Lipinski definition) is 2. The van der Waals surface area contributed by atoms with Gasteiger partial charge in [-0.1, -0.05) is 0 Å². The summed E-state index contributed by atoms with van der Waals surface area (Å²) in [7, 11) is 0. The maximum atomic E-state index is 5.59. The Balaban J connectivity index is 2.10. The number of nitrogens with two attached hydrogens (primary N) is 1. The van der Waals surface area contributed by atoms with Gasteiger partial charge in [0.25, 0.3) is 0 Å². The molecule has 0 bridgehead atoms. The molecule has 2 atom stereocenters. The highest BCUT2D eigenvalue weighted by molar-refractivity contribution is 5.12. The summed E-state index contributed by atoms with van der Waals surface area (Å²) in [5.41, 5.74) is 4.01. The van der Waals surface area contributed by atoms with Crippen LogP contribution in [-0.4, -0.2) is 23.0 Å². The van der Waals surface area contributed by atoms with Gasteiger partial charge in [-0.2, -0.15) is 5.10 Å². The third-order valence-corrected chi connectivity index (χ3v) is 2.95. The number of hydrogen-bond acceptors (Lipinski definition) is 4. The summed E-state index contributed by atoms with van der Waals surface area (Å²) in [6.45, 7) is 4.58. The highest BCUT2D eigenvalue weighted by Gasteiger charge is 2.26. The summed E-state index contributed by atoms with van der Waals surface area (Å²) < 4.78 is 7.28. The van der Waals surface area contributed by atoms with Gasteiger partial charge in [0.2, 0.25) is 0 Å². The lowest BCUT2D eigenvalue weighted by atomic mass is 9.95. The number of ether oxygens (including phenoxy) is 1. The summed E-state index contributed by atoms with van der Waals surface area (Å²) in [4.78, 5) is 0. The Labute approximate surface area is 89.6 Å². The molecule has 2 heterocycles. The van der Waals surface area contributed by atoms with Gasteiger partial charge in [0.05, 0.1) is 18.8 Å². The molecule has 1 saturated heterocycles. The topological polar surface area (TPSA) is 65.1 Å². The van der Waals surface area contributed by atoms with Crippen LogP contribution in [0.1, 0.15) is 24.9 Å². The fourth-order valence-electron chi connectivity index (χ4n) is 2.03. The minimum Gasteiger partial charge on any atom is -0.381 e. The first kappa shape index (κ1) is 10.6. The first-order valence-electron chi connectivity index (χ1n) is 5.41. The van der Waals surface area contributed by atoms with Gasteiger partial charge in [-0.05, 0) is 13.3 Å². The smallest absolute Gasteiger partial charge is 0.0542 e. The van der Waals surface area contributed by atoms with Crippen molar-refractivity contribution in [3.05, 3.63) is 18.0 Å². The monoisotopic (exact) mass is 210 g/mol. The van der Waals surface area contributed by atoms with Crippen molar-refractivity contribution >= 4 is 0 Å². The van der Waals surface area contributed by atoms with Crippen molar-refractivity contribution in [3.8, 4) is 0 Å². The molecule has 0 amide bonds. The fourth-order valence-corrected chi connectivity index (χ4v) is 2.03. The van der Waals surface area contributed by atoms with Gasteiger partial charge in [-0.3, -0.25) is 16.0 Å². The van der Waals surface area contributed by atoms with Crippen molar-refractivity contribution in [2.45, 2.75) is 25.9 Å². The standard InChI is InChI=1S/C10H18N4O/c1-2-14-6-9(5-12-14)10(13-11)8-3-4-15-7-8/h5-6,8,10,13H,2-4,7,11H2,1H3. The van der Waals surface area contributed by atoms with E-state index >= 15 is 0 Å². The molecule has 1 aromatic rings. The molecule has 2 unspecified atom stereocenters. The zero-order valence-corrected chi connectivity index (χ0v) is 9.02. The molecule has 0 radical (unpaired) electrons. The highest BCUT2D eigenvalue weighted by atomic mass is 16.5. The number of aryl methyl sites for hydroxylation is 1. The maximum absolute atomic E-state index is 5.59. The molecule has 0 saturated carbocycles. The lowest BCUT2D eigenvalue weighted by Gasteiger charge is -2.19. The Kier molecular flexibility index (Phi) is 3.35. The molecular weight excluding hydrogens is 192 g/mol. The minimum absolute atomic E-state index is 0.160. The van der Waals surface area contributed by atoms with E-state index in [1.165, 1.54) is 0 Å². The van der Waals surface area contributed by atoms with E-state index in [-0.39, 0.29) is 6.04 Å². The molecule has 5 nitrogen and oxygen atoms in total. The van der Waals surface area contributed by atoms with Gasteiger partial charge in [-0.15, -0.1) is 0 Å². The van der Waals surface area contributed by atoms with Crippen molar-refractivity contribution < 1.29 is 4.74 Å². The van der Waals surface area contributed by atoms with Gasteiger partial charge in [0, 0.05) is 30.8 Å². The van der Waals surface area contributed by atoms with E-state index in [4.69, 9.17) is 10.6 Å². The SMILES string of the molecule is CCn1cc(C(NN)C2CCOC2)cn1. The molecule has 15 heavy (non-hydrogen) atoms. The van der Waals surface area contributed by atoms with Crippen LogP contribution in [0.15, 0.2) is 12.4 Å². The van der Waals surface area contributed by atoms with Crippen molar-refractivity contribution in [2.75, 3.05) is 13.2 Å². The molecule has 1 aliphatic rings. The summed E-state index contributed by atoms with van der Waals surface area (Å²) in [5.74, 6) is 6.06. The van der Waals surface area contributed by atoms with E-state index in [2.05, 4.69) is 17.4 Å². The van der Waals surface area contributed by atoms with E-state index in [1.54, 1.807) is 0 Å². The second-order valence-corrected chi connectivity index (χ2v) is 3.90. The van der Waals surface area contributed by atoms with Crippen LogP contribution in [0.2, 0.25) is 0 Å². The molecule has 0 spiro atoms. The van der Waals surface area contributed by atoms with Gasteiger partial charge >= 0.3 is 0 Å². The number of rotatable bonds is 4. The van der Waals surface area contributed by atoms with Crippen LogP contribution in [-0.2, 0) is 11.3 Å². The molecule has 5 heteroatoms. The van der Waals surface area contributed by atoms with E-state index < -0.39 is 0 Å². The average molecular weight is 210 g/mol. The molecule has 1 fully saturated rings. The molecule has 3 N–H and O–H groups in total. The molecule has 0 aliphatic carbocycles. The first-order valence-corrected chi connectivity index (χ1v) is 5.41. The molecule has 84 valence electrons. The van der Waals surface area contributed by atoms with Gasteiger partial charge in [-0.25, -0.2) is 0 Å². The van der Waals surface area contributed by atoms with Crippen LogP contribution in [0, 0.1) is 5.92 Å². The van der Waals surface area contributed by atoms with Crippen molar-refractivity contribution in [2.24, 2.45) is 11.8 Å². The first-order chi connectivity index (χ1) is 7.35. The van der Waals surface area contributed by atoms with Gasteiger partial charge < -0.3 is 4.74 Å². The zero-order valence-electron chi connectivity index (χ0n) is 9.02. The molecule has 1 aliphatic heterocycles. The summed E-state index contributed by atoms with van der Waals surface area (Å²) >= 11 is 0. The normalized spacial score (nSPS) is 23.2. The Morgan fingerprint density at radius 1 is 1.80 bits per heavy atom. The highest BCUT2D eigenvalue weighted by Crippen LogP contribution is 2.27. The Morgan fingerprint density at radius 3 is 3.20 bits per heavy atom. The molecule has 1 aromatic heterocycles. The van der Waals surface area contributed by atoms with Gasteiger partial charge in [0.15, 0.2) is 0 Å². The Hall–Kier alpha value is -0.910. The maximum Gasteiger partial charge on any atom is 0.0542 e. The van der Waals surface area contributed by atoms with E-state index in [1.807, 2.05) is 17.1 Å². The van der Waals surface area contributed by atoms with Crippen molar-refractivity contribution in [1.82, 2.24) is 15.2 Å². The number of nitrogens with one attached hydrogen (secondary N) is 1. The summed E-state index contributed by atoms with van der Waals surface area (Å²) in [5, 5.41) is 4.26. The van der Waals surface area contributed by atoms with Crippen molar-refractivity contribution in [3.63, 3.8) is 0 Å². The third-order valence-electron chi connectivity index (χ3n) is 2.95. The van der Waals surface area contributed by atoms with Crippen LogP contribution in [0.4, 0.5) is 0 Å². The van der Waals surface area contributed by atoms with Crippen LogP contribution in [0.5, 0.6) is 0 Å². The number of aromatic nitrogens is 2.